The zero-order valence-electron chi connectivity index (χ0n) is 12.6. The van der Waals surface area contributed by atoms with Gasteiger partial charge in [-0.2, -0.15) is 0 Å². The largest absolute Gasteiger partial charge is 0.0683 e. The van der Waals surface area contributed by atoms with Crippen LogP contribution in [0, 0.1) is 19.3 Å². The van der Waals surface area contributed by atoms with E-state index in [0.717, 1.165) is 0 Å². The summed E-state index contributed by atoms with van der Waals surface area (Å²) in [6, 6.07) is 6.95. The average Bonchev–Trinajstić information content (AvgIpc) is 3.05. The van der Waals surface area contributed by atoms with E-state index >= 15 is 0 Å². The van der Waals surface area contributed by atoms with Crippen LogP contribution in [0.4, 0.5) is 0 Å². The van der Waals surface area contributed by atoms with Crippen molar-refractivity contribution in [3.8, 4) is 0 Å². The lowest BCUT2D eigenvalue weighted by molar-refractivity contribution is 0.320. The van der Waals surface area contributed by atoms with Gasteiger partial charge in [0.2, 0.25) is 0 Å². The number of hydrogen-bond acceptors (Lipinski definition) is 0. The molecule has 1 aromatic rings. The summed E-state index contributed by atoms with van der Waals surface area (Å²) < 4.78 is 0. The van der Waals surface area contributed by atoms with Crippen LogP contribution in [0.3, 0.4) is 0 Å². The molecule has 0 heterocycles. The van der Waals surface area contributed by atoms with Crippen LogP contribution in [-0.4, -0.2) is 0 Å². The molecule has 1 saturated carbocycles. The summed E-state index contributed by atoms with van der Waals surface area (Å²) in [6.07, 6.45) is 2.76. The van der Waals surface area contributed by atoms with E-state index in [1.54, 1.807) is 0 Å². The first-order valence-corrected chi connectivity index (χ1v) is 6.95. The third-order valence-electron chi connectivity index (χ3n) is 4.74. The fourth-order valence-corrected chi connectivity index (χ4v) is 2.29. The Morgan fingerprint density at radius 1 is 1.00 bits per heavy atom. The molecule has 0 N–H and O–H groups in total. The van der Waals surface area contributed by atoms with Crippen molar-refractivity contribution in [1.29, 1.82) is 0 Å². The second kappa shape index (κ2) is 4.84. The first-order chi connectivity index (χ1) is 7.87. The lowest BCUT2D eigenvalue weighted by atomic mass is 9.71. The molecule has 0 saturated heterocycles. The molecule has 1 aliphatic rings. The van der Waals surface area contributed by atoms with Gasteiger partial charge in [0.1, 0.15) is 0 Å². The third-order valence-corrected chi connectivity index (χ3v) is 4.74. The van der Waals surface area contributed by atoms with Gasteiger partial charge in [-0.25, -0.2) is 0 Å². The van der Waals surface area contributed by atoms with Gasteiger partial charge in [-0.05, 0) is 54.2 Å². The van der Waals surface area contributed by atoms with Crippen LogP contribution < -0.4 is 0 Å². The summed E-state index contributed by atoms with van der Waals surface area (Å²) in [7, 11) is 0. The van der Waals surface area contributed by atoms with Crippen molar-refractivity contribution in [2.24, 2.45) is 5.41 Å². The summed E-state index contributed by atoms with van der Waals surface area (Å²) in [4.78, 5) is 0. The fourth-order valence-electron chi connectivity index (χ4n) is 2.29. The normalized spacial score (nSPS) is 17.1. The number of benzene rings is 1. The minimum atomic E-state index is 0.325. The van der Waals surface area contributed by atoms with Gasteiger partial charge in [0, 0.05) is 0 Å². The number of hydrogen-bond donors (Lipinski definition) is 0. The van der Waals surface area contributed by atoms with E-state index in [0.29, 0.717) is 10.8 Å². The van der Waals surface area contributed by atoms with Gasteiger partial charge in [0.15, 0.2) is 0 Å². The van der Waals surface area contributed by atoms with Gasteiger partial charge >= 0.3 is 0 Å². The molecule has 0 bridgehead atoms. The zero-order chi connectivity index (χ0) is 13.3. The molecule has 1 fully saturated rings. The Morgan fingerprint density at radius 2 is 1.53 bits per heavy atom. The molecule has 0 spiro atoms. The Labute approximate surface area is 107 Å². The SMILES string of the molecule is CC.Cc1ccc(C(C)(C)C2(C)CC2)cc1C. The highest BCUT2D eigenvalue weighted by atomic mass is 14.5. The smallest absolute Gasteiger partial charge is 0.00497 e. The highest BCUT2D eigenvalue weighted by Crippen LogP contribution is 2.58. The maximum absolute atomic E-state index is 2.42. The van der Waals surface area contributed by atoms with E-state index in [9.17, 15) is 0 Å². The fraction of sp³-hybridized carbons (Fsp3) is 0.647. The first-order valence-electron chi connectivity index (χ1n) is 6.95. The lowest BCUT2D eigenvalue weighted by Crippen LogP contribution is -2.28. The van der Waals surface area contributed by atoms with E-state index in [4.69, 9.17) is 0 Å². The molecule has 0 aliphatic heterocycles. The highest BCUT2D eigenvalue weighted by Gasteiger charge is 2.50. The maximum atomic E-state index is 2.42. The van der Waals surface area contributed by atoms with Crippen molar-refractivity contribution in [3.63, 3.8) is 0 Å². The predicted octanol–water partition coefficient (Wildman–Crippen LogP) is 5.41. The maximum Gasteiger partial charge on any atom is -0.00497 e. The van der Waals surface area contributed by atoms with Crippen LogP contribution in [0.5, 0.6) is 0 Å². The average molecular weight is 232 g/mol. The molecule has 0 amide bonds. The van der Waals surface area contributed by atoms with E-state index in [-0.39, 0.29) is 0 Å². The molecule has 0 atom stereocenters. The van der Waals surface area contributed by atoms with E-state index in [1.165, 1.54) is 29.5 Å². The van der Waals surface area contributed by atoms with Crippen LogP contribution >= 0.6 is 0 Å². The van der Waals surface area contributed by atoms with E-state index in [2.05, 4.69) is 52.8 Å². The van der Waals surface area contributed by atoms with Crippen LogP contribution in [0.2, 0.25) is 0 Å². The summed E-state index contributed by atoms with van der Waals surface area (Å²) in [5, 5.41) is 0. The van der Waals surface area contributed by atoms with Gasteiger partial charge < -0.3 is 0 Å². The Kier molecular flexibility index (Phi) is 4.06. The zero-order valence-corrected chi connectivity index (χ0v) is 12.6. The molecule has 0 radical (unpaired) electrons. The second-order valence-electron chi connectivity index (χ2n) is 5.98. The van der Waals surface area contributed by atoms with Crippen molar-refractivity contribution in [2.45, 2.75) is 66.7 Å². The van der Waals surface area contributed by atoms with Crippen molar-refractivity contribution in [3.05, 3.63) is 34.9 Å². The Balaban J connectivity index is 0.000000686. The third kappa shape index (κ3) is 2.56. The summed E-state index contributed by atoms with van der Waals surface area (Å²) >= 11 is 0. The van der Waals surface area contributed by atoms with Crippen molar-refractivity contribution < 1.29 is 0 Å². The van der Waals surface area contributed by atoms with Gasteiger partial charge in [-0.1, -0.05) is 52.8 Å². The van der Waals surface area contributed by atoms with Crippen LogP contribution in [0.25, 0.3) is 0 Å². The van der Waals surface area contributed by atoms with E-state index in [1.807, 2.05) is 13.8 Å². The Morgan fingerprint density at radius 3 is 1.94 bits per heavy atom. The van der Waals surface area contributed by atoms with Gasteiger partial charge in [-0.15, -0.1) is 0 Å². The molecule has 96 valence electrons. The summed E-state index contributed by atoms with van der Waals surface area (Å²) in [5.41, 5.74) is 5.19. The van der Waals surface area contributed by atoms with Crippen LogP contribution in [0.1, 0.15) is 64.2 Å². The summed E-state index contributed by atoms with van der Waals surface area (Å²) in [5.74, 6) is 0. The molecule has 1 aliphatic carbocycles. The number of aryl methyl sites for hydroxylation is 2. The highest BCUT2D eigenvalue weighted by molar-refractivity contribution is 5.36. The molecular formula is C17H28. The molecule has 17 heavy (non-hydrogen) atoms. The monoisotopic (exact) mass is 232 g/mol. The Bertz CT molecular complexity index is 381. The molecule has 1 aromatic carbocycles. The van der Waals surface area contributed by atoms with Gasteiger partial charge in [-0.3, -0.25) is 0 Å². The minimum Gasteiger partial charge on any atom is -0.0683 e. The molecule has 2 rings (SSSR count). The molecule has 0 aromatic heterocycles. The molecule has 0 heteroatoms. The predicted molar refractivity (Wildman–Crippen MR) is 77.6 cm³/mol. The lowest BCUT2D eigenvalue weighted by Gasteiger charge is -2.33. The standard InChI is InChI=1S/C15H22.C2H6/c1-11-6-7-13(10-12(11)2)14(3,4)15(5)8-9-15;1-2/h6-7,10H,8-9H2,1-5H3;1-2H3. The second-order valence-corrected chi connectivity index (χ2v) is 5.98. The van der Waals surface area contributed by atoms with Gasteiger partial charge in [0.25, 0.3) is 0 Å². The van der Waals surface area contributed by atoms with Gasteiger partial charge in [0.05, 0.1) is 0 Å². The van der Waals surface area contributed by atoms with Crippen molar-refractivity contribution >= 4 is 0 Å². The first kappa shape index (κ1) is 14.3. The number of rotatable bonds is 2. The Hall–Kier alpha value is -0.780. The van der Waals surface area contributed by atoms with Crippen LogP contribution in [0.15, 0.2) is 18.2 Å². The molecular weight excluding hydrogens is 204 g/mol. The van der Waals surface area contributed by atoms with Crippen molar-refractivity contribution in [2.75, 3.05) is 0 Å². The quantitative estimate of drug-likeness (QED) is 0.640. The molecule has 0 unspecified atom stereocenters. The summed E-state index contributed by atoms with van der Waals surface area (Å²) in [6.45, 7) is 15.6. The van der Waals surface area contributed by atoms with Crippen molar-refractivity contribution in [1.82, 2.24) is 0 Å². The topological polar surface area (TPSA) is 0 Å². The molecule has 0 nitrogen and oxygen atoms in total. The minimum absolute atomic E-state index is 0.325. The van der Waals surface area contributed by atoms with E-state index < -0.39 is 0 Å². The van der Waals surface area contributed by atoms with Crippen LogP contribution in [-0.2, 0) is 5.41 Å².